The highest BCUT2D eigenvalue weighted by atomic mass is 16.4. The Kier molecular flexibility index (Phi) is 18.3. The fraction of sp³-hybridized carbons (Fsp3) is 0.957. The van der Waals surface area contributed by atoms with Gasteiger partial charge in [0.25, 0.3) is 0 Å². The molecule has 0 aromatic rings. The van der Waals surface area contributed by atoms with Gasteiger partial charge in [-0.2, -0.15) is 0 Å². The number of carboxylic acids is 1. The van der Waals surface area contributed by atoms with Gasteiger partial charge in [-0.1, -0.05) is 116 Å². The van der Waals surface area contributed by atoms with Crippen molar-refractivity contribution in [3.63, 3.8) is 0 Å². The number of carboxylic acid groups (broad SMARTS) is 1. The van der Waals surface area contributed by atoms with Crippen LogP contribution in [0.3, 0.4) is 0 Å². The maximum absolute atomic E-state index is 11.2. The number of unbranched alkanes of at least 4 members (excludes halogenated alkanes) is 16. The van der Waals surface area contributed by atoms with Crippen LogP contribution in [-0.4, -0.2) is 34.5 Å². The molecule has 162 valence electrons. The molecule has 0 spiro atoms. The van der Waals surface area contributed by atoms with Crippen molar-refractivity contribution in [2.75, 3.05) is 13.2 Å². The van der Waals surface area contributed by atoms with Gasteiger partial charge in [-0.05, 0) is 6.42 Å². The molecule has 0 fully saturated rings. The molecule has 4 nitrogen and oxygen atoms in total. The van der Waals surface area contributed by atoms with E-state index in [0.29, 0.717) is 6.42 Å². The fourth-order valence-corrected chi connectivity index (χ4v) is 3.64. The van der Waals surface area contributed by atoms with Crippen molar-refractivity contribution in [1.82, 2.24) is 0 Å². The minimum atomic E-state index is -1.35. The predicted octanol–water partition coefficient (Wildman–Crippen LogP) is 6.08. The number of hydrogen-bond acceptors (Lipinski definition) is 3. The molecule has 0 atom stereocenters. The molecule has 0 heterocycles. The van der Waals surface area contributed by atoms with Crippen molar-refractivity contribution in [3.05, 3.63) is 0 Å². The lowest BCUT2D eigenvalue weighted by Crippen LogP contribution is -2.38. The monoisotopic (exact) mass is 386 g/mol. The van der Waals surface area contributed by atoms with Crippen molar-refractivity contribution >= 4 is 5.97 Å². The van der Waals surface area contributed by atoms with Gasteiger partial charge in [-0.3, -0.25) is 4.79 Å². The van der Waals surface area contributed by atoms with E-state index in [-0.39, 0.29) is 0 Å². The molecule has 0 unspecified atom stereocenters. The number of aliphatic carboxylic acids is 1. The van der Waals surface area contributed by atoms with Crippen molar-refractivity contribution in [2.24, 2.45) is 5.41 Å². The maximum Gasteiger partial charge on any atom is 0.314 e. The molecule has 3 N–H and O–H groups in total. The standard InChI is InChI=1S/C23H46O4/c1-2-3-4-5-6-7-8-9-10-11-12-13-14-15-16-17-18-19-23(20-24,21-25)22(26)27/h24-25H,2-21H2,1H3,(H,26,27). The van der Waals surface area contributed by atoms with Crippen LogP contribution in [0.15, 0.2) is 0 Å². The van der Waals surface area contributed by atoms with Gasteiger partial charge >= 0.3 is 5.97 Å². The minimum Gasteiger partial charge on any atom is -0.481 e. The van der Waals surface area contributed by atoms with E-state index in [4.69, 9.17) is 5.11 Å². The van der Waals surface area contributed by atoms with Crippen LogP contribution >= 0.6 is 0 Å². The lowest BCUT2D eigenvalue weighted by atomic mass is 9.84. The van der Waals surface area contributed by atoms with Crippen molar-refractivity contribution in [1.29, 1.82) is 0 Å². The summed E-state index contributed by atoms with van der Waals surface area (Å²) in [6.45, 7) is 1.29. The highest BCUT2D eigenvalue weighted by molar-refractivity contribution is 5.74. The highest BCUT2D eigenvalue weighted by Gasteiger charge is 2.36. The third-order valence-electron chi connectivity index (χ3n) is 5.82. The van der Waals surface area contributed by atoms with Crippen molar-refractivity contribution in [2.45, 2.75) is 122 Å². The average molecular weight is 387 g/mol. The van der Waals surface area contributed by atoms with Gasteiger partial charge in [0, 0.05) is 0 Å². The van der Waals surface area contributed by atoms with Crippen molar-refractivity contribution in [3.8, 4) is 0 Å². The normalized spacial score (nSPS) is 11.8. The van der Waals surface area contributed by atoms with Crippen LogP contribution in [0, 0.1) is 5.41 Å². The smallest absolute Gasteiger partial charge is 0.314 e. The molecule has 0 saturated heterocycles. The zero-order chi connectivity index (χ0) is 20.2. The zero-order valence-electron chi connectivity index (χ0n) is 17.9. The summed E-state index contributed by atoms with van der Waals surface area (Å²) < 4.78 is 0. The van der Waals surface area contributed by atoms with Crippen LogP contribution in [0.5, 0.6) is 0 Å². The second-order valence-electron chi connectivity index (χ2n) is 8.31. The van der Waals surface area contributed by atoms with Gasteiger partial charge in [0.15, 0.2) is 0 Å². The molecule has 0 aliphatic carbocycles. The summed E-state index contributed by atoms with van der Waals surface area (Å²) in [4.78, 5) is 11.2. The van der Waals surface area contributed by atoms with E-state index in [2.05, 4.69) is 6.92 Å². The first-order valence-electron chi connectivity index (χ1n) is 11.6. The Bertz CT molecular complexity index is 326. The summed E-state index contributed by atoms with van der Waals surface area (Å²) in [5, 5.41) is 27.6. The third kappa shape index (κ3) is 14.1. The van der Waals surface area contributed by atoms with Gasteiger partial charge in [0.1, 0.15) is 5.41 Å². The molecular weight excluding hydrogens is 340 g/mol. The maximum atomic E-state index is 11.2. The van der Waals surface area contributed by atoms with E-state index in [0.717, 1.165) is 19.3 Å². The molecule has 0 radical (unpaired) electrons. The predicted molar refractivity (Wildman–Crippen MR) is 113 cm³/mol. The first-order chi connectivity index (χ1) is 13.1. The quantitative estimate of drug-likeness (QED) is 0.209. The molecule has 0 amide bonds. The van der Waals surface area contributed by atoms with Crippen LogP contribution in [-0.2, 0) is 4.79 Å². The topological polar surface area (TPSA) is 77.8 Å². The third-order valence-corrected chi connectivity index (χ3v) is 5.82. The number of aliphatic hydroxyl groups is 2. The largest absolute Gasteiger partial charge is 0.481 e. The van der Waals surface area contributed by atoms with Crippen LogP contribution in [0.4, 0.5) is 0 Å². The molecule has 0 aliphatic heterocycles. The molecule has 27 heavy (non-hydrogen) atoms. The van der Waals surface area contributed by atoms with Crippen LogP contribution in [0.25, 0.3) is 0 Å². The van der Waals surface area contributed by atoms with E-state index in [1.165, 1.54) is 89.9 Å². The van der Waals surface area contributed by atoms with Crippen LogP contribution in [0.1, 0.15) is 122 Å². The van der Waals surface area contributed by atoms with Gasteiger partial charge in [-0.15, -0.1) is 0 Å². The molecule has 0 aromatic carbocycles. The Labute approximate surface area is 167 Å². The number of aliphatic hydroxyl groups excluding tert-OH is 2. The summed E-state index contributed by atoms with van der Waals surface area (Å²) in [5.41, 5.74) is -1.35. The number of rotatable bonds is 21. The van der Waals surface area contributed by atoms with E-state index in [9.17, 15) is 15.0 Å². The zero-order valence-corrected chi connectivity index (χ0v) is 17.9. The fourth-order valence-electron chi connectivity index (χ4n) is 3.64. The summed E-state index contributed by atoms with van der Waals surface area (Å²) in [7, 11) is 0. The lowest BCUT2D eigenvalue weighted by Gasteiger charge is -2.24. The van der Waals surface area contributed by atoms with E-state index in [1.54, 1.807) is 0 Å². The molecule has 0 saturated carbocycles. The molecular formula is C23H46O4. The Morgan fingerprint density at radius 2 is 0.889 bits per heavy atom. The van der Waals surface area contributed by atoms with Crippen LogP contribution in [0.2, 0.25) is 0 Å². The molecule has 4 heteroatoms. The molecule has 0 bridgehead atoms. The first-order valence-corrected chi connectivity index (χ1v) is 11.6. The van der Waals surface area contributed by atoms with Crippen LogP contribution < -0.4 is 0 Å². The number of carbonyl (C=O) groups is 1. The first kappa shape index (κ1) is 26.4. The van der Waals surface area contributed by atoms with Gasteiger partial charge in [0.2, 0.25) is 0 Å². The minimum absolute atomic E-state index is 0.355. The van der Waals surface area contributed by atoms with Gasteiger partial charge in [-0.25, -0.2) is 0 Å². The van der Waals surface area contributed by atoms with E-state index >= 15 is 0 Å². The summed E-state index contributed by atoms with van der Waals surface area (Å²) in [6.07, 6.45) is 22.3. The SMILES string of the molecule is CCCCCCCCCCCCCCCCCCCC(CO)(CO)C(=O)O. The highest BCUT2D eigenvalue weighted by Crippen LogP contribution is 2.25. The molecule has 0 aromatic heterocycles. The van der Waals surface area contributed by atoms with Crippen molar-refractivity contribution < 1.29 is 20.1 Å². The number of hydrogen-bond donors (Lipinski definition) is 3. The average Bonchev–Trinajstić information content (AvgIpc) is 2.67. The Morgan fingerprint density at radius 3 is 1.15 bits per heavy atom. The Hall–Kier alpha value is -0.610. The van der Waals surface area contributed by atoms with E-state index < -0.39 is 24.6 Å². The second kappa shape index (κ2) is 18.7. The lowest BCUT2D eigenvalue weighted by molar-refractivity contribution is -0.155. The summed E-state index contributed by atoms with van der Waals surface area (Å²) in [5.74, 6) is -1.09. The second-order valence-corrected chi connectivity index (χ2v) is 8.31. The van der Waals surface area contributed by atoms with Gasteiger partial charge < -0.3 is 15.3 Å². The Balaban J connectivity index is 3.31. The molecule has 0 aliphatic rings. The van der Waals surface area contributed by atoms with Gasteiger partial charge in [0.05, 0.1) is 13.2 Å². The molecule has 0 rings (SSSR count). The summed E-state index contributed by atoms with van der Waals surface area (Å²) >= 11 is 0. The summed E-state index contributed by atoms with van der Waals surface area (Å²) in [6, 6.07) is 0. The van der Waals surface area contributed by atoms with E-state index in [1.807, 2.05) is 0 Å². The Morgan fingerprint density at radius 1 is 0.593 bits per heavy atom.